The summed E-state index contributed by atoms with van der Waals surface area (Å²) >= 11 is 0. The predicted molar refractivity (Wildman–Crippen MR) is 178 cm³/mol. The van der Waals surface area contributed by atoms with E-state index in [0.717, 1.165) is 32.6 Å². The zero-order chi connectivity index (χ0) is 28.2. The van der Waals surface area contributed by atoms with E-state index in [1.807, 2.05) is 6.07 Å². The fourth-order valence-electron chi connectivity index (χ4n) is 7.81. The van der Waals surface area contributed by atoms with E-state index < -0.39 is 8.07 Å². The van der Waals surface area contributed by atoms with E-state index in [4.69, 9.17) is 0 Å². The van der Waals surface area contributed by atoms with Crippen molar-refractivity contribution in [2.45, 2.75) is 0 Å². The quantitative estimate of drug-likeness (QED) is 0.268. The second-order valence-corrected chi connectivity index (χ2v) is 15.0. The van der Waals surface area contributed by atoms with Crippen molar-refractivity contribution in [3.8, 4) is 11.1 Å². The van der Waals surface area contributed by atoms with Crippen molar-refractivity contribution in [2.24, 2.45) is 7.05 Å². The summed E-state index contributed by atoms with van der Waals surface area (Å²) in [7, 11) is -0.805. The molecule has 3 nitrogen and oxygen atoms in total. The molecule has 9 rings (SSSR count). The number of benzene rings is 6. The number of rotatable bonds is 1. The summed E-state index contributed by atoms with van der Waals surface area (Å²) in [5.74, 6) is 0. The van der Waals surface area contributed by atoms with Gasteiger partial charge in [-0.1, -0.05) is 110 Å². The average Bonchev–Trinajstić information content (AvgIpc) is 3.34. The van der Waals surface area contributed by atoms with E-state index in [9.17, 15) is 4.79 Å². The Morgan fingerprint density at radius 3 is 1.67 bits per heavy atom. The van der Waals surface area contributed by atoms with Crippen molar-refractivity contribution in [3.63, 3.8) is 0 Å². The Balaban J connectivity index is 1.44. The van der Waals surface area contributed by atoms with E-state index >= 15 is 0 Å². The Bertz CT molecular complexity index is 2260. The van der Waals surface area contributed by atoms with Gasteiger partial charge in [-0.3, -0.25) is 4.79 Å². The maximum absolute atomic E-state index is 13.4. The molecule has 42 heavy (non-hydrogen) atoms. The smallest absolute Gasteiger partial charge is 0.258 e. The minimum Gasteiger partial charge on any atom is -0.311 e. The van der Waals surface area contributed by atoms with Gasteiger partial charge in [0.25, 0.3) is 5.56 Å². The molecule has 1 aromatic heterocycles. The molecule has 7 aromatic rings. The zero-order valence-corrected chi connectivity index (χ0v) is 24.1. The van der Waals surface area contributed by atoms with Crippen LogP contribution in [-0.2, 0) is 7.05 Å². The Morgan fingerprint density at radius 2 is 1.05 bits per heavy atom. The predicted octanol–water partition coefficient (Wildman–Crippen LogP) is 4.96. The van der Waals surface area contributed by atoms with Crippen molar-refractivity contribution in [3.05, 3.63) is 143 Å². The number of aromatic nitrogens is 1. The summed E-state index contributed by atoms with van der Waals surface area (Å²) in [6.07, 6.45) is 0. The van der Waals surface area contributed by atoms with Crippen molar-refractivity contribution in [1.82, 2.24) is 4.57 Å². The average molecular weight is 555 g/mol. The summed E-state index contributed by atoms with van der Waals surface area (Å²) < 4.78 is 1.66. The number of anilines is 3. The molecule has 0 atom stereocenters. The lowest BCUT2D eigenvalue weighted by Gasteiger charge is -2.44. The third-order valence-corrected chi connectivity index (χ3v) is 14.5. The van der Waals surface area contributed by atoms with E-state index in [-0.39, 0.29) is 5.56 Å². The molecule has 0 N–H and O–H groups in total. The van der Waals surface area contributed by atoms with Crippen LogP contribution in [0.2, 0.25) is 0 Å². The Kier molecular flexibility index (Phi) is 4.58. The van der Waals surface area contributed by atoms with E-state index in [0.29, 0.717) is 0 Å². The molecule has 1 spiro atoms. The van der Waals surface area contributed by atoms with Crippen LogP contribution in [0.25, 0.3) is 39.3 Å². The van der Waals surface area contributed by atoms with Crippen LogP contribution < -0.4 is 36.6 Å². The van der Waals surface area contributed by atoms with Gasteiger partial charge in [-0.05, 0) is 56.1 Å². The second kappa shape index (κ2) is 8.18. The molecule has 0 saturated heterocycles. The van der Waals surface area contributed by atoms with E-state index in [1.54, 1.807) is 11.6 Å². The molecule has 0 amide bonds. The van der Waals surface area contributed by atoms with Crippen LogP contribution in [0.1, 0.15) is 0 Å². The van der Waals surface area contributed by atoms with Gasteiger partial charge in [-0.15, -0.1) is 0 Å². The number of fused-ring (bicyclic) bond motifs is 9. The van der Waals surface area contributed by atoms with Crippen LogP contribution >= 0.6 is 0 Å². The van der Waals surface area contributed by atoms with Gasteiger partial charge in [-0.25, -0.2) is 0 Å². The van der Waals surface area contributed by atoms with Crippen molar-refractivity contribution < 1.29 is 0 Å². The molecule has 0 bridgehead atoms. The molecule has 4 heteroatoms. The highest BCUT2D eigenvalue weighted by atomic mass is 28.3. The highest BCUT2D eigenvalue weighted by molar-refractivity contribution is 7.23. The first-order valence-electron chi connectivity index (χ1n) is 14.3. The van der Waals surface area contributed by atoms with Gasteiger partial charge >= 0.3 is 0 Å². The molecular formula is C38H26N2OSi. The first-order chi connectivity index (χ1) is 20.6. The number of hydrogen-bond acceptors (Lipinski definition) is 2. The van der Waals surface area contributed by atoms with Crippen molar-refractivity contribution >= 4 is 74.0 Å². The normalized spacial score (nSPS) is 14.2. The molecule has 0 unspecified atom stereocenters. The SMILES string of the molecule is C=c1c2cccc3c(N4c5ccccc5[Si]5(c6ccccc6-c6ccccc65)c5ccccc54)ccc(c(=O)n1C)c32. The van der Waals surface area contributed by atoms with Crippen LogP contribution in [0.5, 0.6) is 0 Å². The van der Waals surface area contributed by atoms with Crippen LogP contribution in [0.4, 0.5) is 17.1 Å². The minimum atomic E-state index is -2.61. The standard InChI is InChI=1S/C38H26N2OSi/c1-24-25-14-11-15-28-30(23-22-29(37(25)28)38(41)39(24)2)40-31-16-5-9-20-35(31)42(36-21-10-6-17-32(36)40)33-18-7-3-12-26(33)27-13-4-8-19-34(27)42/h3-23H,1H2,2H3. The lowest BCUT2D eigenvalue weighted by Crippen LogP contribution is -2.75. The molecule has 2 aliphatic heterocycles. The van der Waals surface area contributed by atoms with Gasteiger partial charge < -0.3 is 9.47 Å². The van der Waals surface area contributed by atoms with Crippen LogP contribution in [0.15, 0.2) is 132 Å². The summed E-state index contributed by atoms with van der Waals surface area (Å²) in [6, 6.07) is 46.4. The molecule has 0 radical (unpaired) electrons. The van der Waals surface area contributed by atoms with Gasteiger partial charge in [0.2, 0.25) is 0 Å². The fourth-order valence-corrected chi connectivity index (χ4v) is 13.3. The maximum atomic E-state index is 13.4. The number of pyridine rings is 1. The van der Waals surface area contributed by atoms with Gasteiger partial charge in [0, 0.05) is 45.3 Å². The lowest BCUT2D eigenvalue weighted by molar-refractivity contribution is 0.849. The first-order valence-corrected chi connectivity index (χ1v) is 16.3. The molecular weight excluding hydrogens is 529 g/mol. The first kappa shape index (κ1) is 23.5. The summed E-state index contributed by atoms with van der Waals surface area (Å²) in [6.45, 7) is 4.27. The third kappa shape index (κ3) is 2.68. The molecule has 0 saturated carbocycles. The maximum Gasteiger partial charge on any atom is 0.258 e. The summed E-state index contributed by atoms with van der Waals surface area (Å²) in [5.41, 5.74) is 6.16. The van der Waals surface area contributed by atoms with Gasteiger partial charge in [0.05, 0.1) is 5.69 Å². The highest BCUT2D eigenvalue weighted by Gasteiger charge is 2.53. The third-order valence-electron chi connectivity index (χ3n) is 9.56. The molecule has 198 valence electrons. The minimum absolute atomic E-state index is 0.0137. The molecule has 0 fully saturated rings. The second-order valence-electron chi connectivity index (χ2n) is 11.4. The lowest BCUT2D eigenvalue weighted by atomic mass is 9.99. The summed E-state index contributed by atoms with van der Waals surface area (Å²) in [5, 5.41) is 10.2. The van der Waals surface area contributed by atoms with Gasteiger partial charge in [0.15, 0.2) is 8.07 Å². The Labute approximate surface area is 244 Å². The molecule has 6 aromatic carbocycles. The molecule has 0 aliphatic carbocycles. The number of hydrogen-bond donors (Lipinski definition) is 0. The number of nitrogens with zero attached hydrogens (tertiary/aromatic N) is 2. The van der Waals surface area contributed by atoms with Crippen LogP contribution in [-0.4, -0.2) is 12.6 Å². The monoisotopic (exact) mass is 554 g/mol. The largest absolute Gasteiger partial charge is 0.311 e. The molecule has 3 heterocycles. The Hall–Kier alpha value is -5.19. The zero-order valence-electron chi connectivity index (χ0n) is 23.1. The topological polar surface area (TPSA) is 25.2 Å². The van der Waals surface area contributed by atoms with Gasteiger partial charge in [-0.2, -0.15) is 0 Å². The van der Waals surface area contributed by atoms with Crippen molar-refractivity contribution in [1.29, 1.82) is 0 Å². The van der Waals surface area contributed by atoms with Gasteiger partial charge in [0.1, 0.15) is 0 Å². The van der Waals surface area contributed by atoms with E-state index in [1.165, 1.54) is 43.2 Å². The van der Waals surface area contributed by atoms with Crippen LogP contribution in [0, 0.1) is 0 Å². The Morgan fingerprint density at radius 1 is 0.524 bits per heavy atom. The number of para-hydroxylation sites is 2. The summed E-state index contributed by atoms with van der Waals surface area (Å²) in [4.78, 5) is 15.8. The van der Waals surface area contributed by atoms with Crippen molar-refractivity contribution in [2.75, 3.05) is 4.90 Å². The van der Waals surface area contributed by atoms with E-state index in [2.05, 4.69) is 133 Å². The fraction of sp³-hybridized carbons (Fsp3) is 0.0263. The molecule has 2 aliphatic rings. The highest BCUT2D eigenvalue weighted by Crippen LogP contribution is 2.44. The van der Waals surface area contributed by atoms with Crippen LogP contribution in [0.3, 0.4) is 0 Å².